The molecule has 1 aliphatic heterocycles. The lowest BCUT2D eigenvalue weighted by molar-refractivity contribution is 0.0955. The molecule has 2 aromatic carbocycles. The van der Waals surface area contributed by atoms with Crippen LogP contribution in [0.3, 0.4) is 0 Å². The van der Waals surface area contributed by atoms with Crippen LogP contribution >= 0.6 is 11.6 Å². The summed E-state index contributed by atoms with van der Waals surface area (Å²) in [6, 6.07) is 11.3. The van der Waals surface area contributed by atoms with Crippen molar-refractivity contribution in [3.8, 4) is 0 Å². The Bertz CT molecular complexity index is 904. The molecule has 142 valence electrons. The van der Waals surface area contributed by atoms with Crippen molar-refractivity contribution >= 4 is 29.4 Å². The number of aryl methyl sites for hydroxylation is 1. The minimum Gasteiger partial charge on any atom is -0.369 e. The first-order valence-electron chi connectivity index (χ1n) is 9.17. The Kier molecular flexibility index (Phi) is 5.29. The van der Waals surface area contributed by atoms with Crippen LogP contribution in [0.5, 0.6) is 0 Å². The number of amides is 1. The van der Waals surface area contributed by atoms with Crippen LogP contribution in [-0.4, -0.2) is 24.7 Å². The van der Waals surface area contributed by atoms with Crippen molar-refractivity contribution in [3.63, 3.8) is 0 Å². The molecule has 1 atom stereocenters. The zero-order chi connectivity index (χ0) is 19.8. The fraction of sp³-hybridized carbons (Fsp3) is 0.364. The summed E-state index contributed by atoms with van der Waals surface area (Å²) in [5.41, 5.74) is 7.84. The number of halogens is 1. The van der Waals surface area contributed by atoms with Gasteiger partial charge in [-0.15, -0.1) is 0 Å². The van der Waals surface area contributed by atoms with Crippen LogP contribution in [0.15, 0.2) is 41.5 Å². The van der Waals surface area contributed by atoms with Gasteiger partial charge in [0, 0.05) is 18.3 Å². The number of hydrazone groups is 1. The molecule has 0 fully saturated rings. The molecule has 0 spiro atoms. The van der Waals surface area contributed by atoms with Gasteiger partial charge in [0.2, 0.25) is 0 Å². The molecule has 3 rings (SSSR count). The monoisotopic (exact) mass is 383 g/mol. The number of fused-ring (bicyclic) bond motifs is 1. The average molecular weight is 384 g/mol. The van der Waals surface area contributed by atoms with E-state index >= 15 is 0 Å². The number of hydrogen-bond acceptors (Lipinski definition) is 3. The first kappa shape index (κ1) is 19.4. The normalized spacial score (nSPS) is 18.4. The highest BCUT2D eigenvalue weighted by molar-refractivity contribution is 6.33. The quantitative estimate of drug-likeness (QED) is 0.589. The van der Waals surface area contributed by atoms with Gasteiger partial charge in [0.1, 0.15) is 0 Å². The molecular weight excluding hydrogens is 358 g/mol. The Morgan fingerprint density at radius 3 is 2.74 bits per heavy atom. The standard InChI is InChI=1S/C22H26ClN3O/c1-14-10-20-18(15(2)12-22(3,4)26(20)5)11-16(14)13-24-25-21(27)17-8-6-7-9-19(17)23/h6-11,13,15H,12H2,1-5H3,(H,25,27)/b24-13+. The molecule has 0 saturated carbocycles. The van der Waals surface area contributed by atoms with Gasteiger partial charge < -0.3 is 4.90 Å². The van der Waals surface area contributed by atoms with E-state index in [2.05, 4.69) is 62.3 Å². The predicted molar refractivity (Wildman–Crippen MR) is 113 cm³/mol. The topological polar surface area (TPSA) is 44.7 Å². The van der Waals surface area contributed by atoms with Crippen molar-refractivity contribution in [1.29, 1.82) is 0 Å². The van der Waals surface area contributed by atoms with Crippen LogP contribution in [0.2, 0.25) is 5.02 Å². The van der Waals surface area contributed by atoms with Crippen LogP contribution in [0.1, 0.15) is 60.2 Å². The SMILES string of the molecule is Cc1cc2c(cc1/C=N/NC(=O)c1ccccc1Cl)C(C)CC(C)(C)N2C. The summed E-state index contributed by atoms with van der Waals surface area (Å²) in [6.07, 6.45) is 2.80. The highest BCUT2D eigenvalue weighted by Crippen LogP contribution is 2.43. The van der Waals surface area contributed by atoms with Crippen molar-refractivity contribution in [2.24, 2.45) is 5.10 Å². The van der Waals surface area contributed by atoms with E-state index in [9.17, 15) is 4.79 Å². The molecule has 1 N–H and O–H groups in total. The second-order valence-electron chi connectivity index (χ2n) is 7.92. The molecule has 0 aliphatic carbocycles. The summed E-state index contributed by atoms with van der Waals surface area (Å²) < 4.78 is 0. The molecule has 1 unspecified atom stereocenters. The summed E-state index contributed by atoms with van der Waals surface area (Å²) in [5, 5.41) is 4.56. The lowest BCUT2D eigenvalue weighted by Crippen LogP contribution is -2.45. The fourth-order valence-corrected chi connectivity index (χ4v) is 3.96. The summed E-state index contributed by atoms with van der Waals surface area (Å²) >= 11 is 6.06. The summed E-state index contributed by atoms with van der Waals surface area (Å²) in [5.74, 6) is 0.152. The molecule has 5 heteroatoms. The molecule has 0 saturated heterocycles. The van der Waals surface area contributed by atoms with Gasteiger partial charge in [0.25, 0.3) is 5.91 Å². The van der Waals surface area contributed by atoms with Crippen LogP contribution in [0.4, 0.5) is 5.69 Å². The van der Waals surface area contributed by atoms with E-state index in [1.54, 1.807) is 30.5 Å². The maximum absolute atomic E-state index is 12.2. The van der Waals surface area contributed by atoms with Gasteiger partial charge in [-0.2, -0.15) is 5.10 Å². The molecule has 1 heterocycles. The maximum Gasteiger partial charge on any atom is 0.272 e. The highest BCUT2D eigenvalue weighted by atomic mass is 35.5. The Labute approximate surface area is 166 Å². The minimum absolute atomic E-state index is 0.136. The number of hydrogen-bond donors (Lipinski definition) is 1. The number of nitrogens with zero attached hydrogens (tertiary/aromatic N) is 2. The molecule has 1 aliphatic rings. The zero-order valence-electron chi connectivity index (χ0n) is 16.5. The van der Waals surface area contributed by atoms with Gasteiger partial charge in [-0.05, 0) is 74.1 Å². The molecule has 0 bridgehead atoms. The molecule has 0 aromatic heterocycles. The Morgan fingerprint density at radius 2 is 2.04 bits per heavy atom. The number of carbonyl (C=O) groups excluding carboxylic acids is 1. The van der Waals surface area contributed by atoms with E-state index in [0.717, 1.165) is 17.5 Å². The van der Waals surface area contributed by atoms with E-state index in [-0.39, 0.29) is 11.4 Å². The Hall–Kier alpha value is -2.33. The van der Waals surface area contributed by atoms with Crippen LogP contribution in [0, 0.1) is 6.92 Å². The van der Waals surface area contributed by atoms with E-state index in [0.29, 0.717) is 16.5 Å². The van der Waals surface area contributed by atoms with Crippen LogP contribution in [0.25, 0.3) is 0 Å². The maximum atomic E-state index is 12.2. The number of benzene rings is 2. The van der Waals surface area contributed by atoms with E-state index in [1.807, 2.05) is 0 Å². The Morgan fingerprint density at radius 1 is 1.33 bits per heavy atom. The van der Waals surface area contributed by atoms with Crippen molar-refractivity contribution in [2.75, 3.05) is 11.9 Å². The smallest absolute Gasteiger partial charge is 0.272 e. The van der Waals surface area contributed by atoms with E-state index < -0.39 is 0 Å². The molecule has 2 aromatic rings. The summed E-state index contributed by atoms with van der Waals surface area (Å²) in [7, 11) is 2.15. The number of rotatable bonds is 3. The van der Waals surface area contributed by atoms with Gasteiger partial charge >= 0.3 is 0 Å². The Balaban J connectivity index is 1.82. The van der Waals surface area contributed by atoms with Crippen molar-refractivity contribution in [1.82, 2.24) is 5.43 Å². The molecule has 0 radical (unpaired) electrons. The minimum atomic E-state index is -0.317. The molecular formula is C22H26ClN3O. The number of nitrogens with one attached hydrogen (secondary N) is 1. The summed E-state index contributed by atoms with van der Waals surface area (Å²) in [4.78, 5) is 14.6. The largest absolute Gasteiger partial charge is 0.369 e. The van der Waals surface area contributed by atoms with Gasteiger partial charge in [0.15, 0.2) is 0 Å². The van der Waals surface area contributed by atoms with Gasteiger partial charge in [-0.1, -0.05) is 30.7 Å². The number of carbonyl (C=O) groups is 1. The average Bonchev–Trinajstić information content (AvgIpc) is 2.60. The fourth-order valence-electron chi connectivity index (χ4n) is 3.74. The second-order valence-corrected chi connectivity index (χ2v) is 8.33. The van der Waals surface area contributed by atoms with Crippen LogP contribution in [-0.2, 0) is 0 Å². The van der Waals surface area contributed by atoms with Gasteiger partial charge in [-0.25, -0.2) is 5.43 Å². The lowest BCUT2D eigenvalue weighted by atomic mass is 9.79. The lowest BCUT2D eigenvalue weighted by Gasteiger charge is -2.45. The highest BCUT2D eigenvalue weighted by Gasteiger charge is 2.34. The van der Waals surface area contributed by atoms with Gasteiger partial charge in [-0.3, -0.25) is 4.79 Å². The molecule has 27 heavy (non-hydrogen) atoms. The van der Waals surface area contributed by atoms with E-state index in [4.69, 9.17) is 11.6 Å². The third-order valence-corrected chi connectivity index (χ3v) is 5.84. The van der Waals surface area contributed by atoms with E-state index in [1.165, 1.54) is 11.3 Å². The second kappa shape index (κ2) is 7.35. The van der Waals surface area contributed by atoms with Gasteiger partial charge in [0.05, 0.1) is 16.8 Å². The number of anilines is 1. The first-order valence-corrected chi connectivity index (χ1v) is 9.55. The first-order chi connectivity index (χ1) is 12.7. The third-order valence-electron chi connectivity index (χ3n) is 5.51. The molecule has 1 amide bonds. The van der Waals surface area contributed by atoms with Crippen LogP contribution < -0.4 is 10.3 Å². The summed E-state index contributed by atoms with van der Waals surface area (Å²) in [6.45, 7) is 8.89. The third kappa shape index (κ3) is 3.86. The predicted octanol–water partition coefficient (Wildman–Crippen LogP) is 5.13. The van der Waals surface area contributed by atoms with Crippen molar-refractivity contribution in [3.05, 3.63) is 63.7 Å². The van der Waals surface area contributed by atoms with Crippen molar-refractivity contribution in [2.45, 2.75) is 45.6 Å². The zero-order valence-corrected chi connectivity index (χ0v) is 17.3. The van der Waals surface area contributed by atoms with Crippen molar-refractivity contribution < 1.29 is 4.79 Å². The molecule has 4 nitrogen and oxygen atoms in total.